The number of aromatic nitrogens is 1. The van der Waals surface area contributed by atoms with Crippen LogP contribution in [0.15, 0.2) is 77.5 Å². The molecule has 0 N–H and O–H groups in total. The van der Waals surface area contributed by atoms with Gasteiger partial charge in [-0.3, -0.25) is 9.88 Å². The van der Waals surface area contributed by atoms with Gasteiger partial charge in [-0.1, -0.05) is 30.3 Å². The van der Waals surface area contributed by atoms with Gasteiger partial charge in [-0.2, -0.15) is 0 Å². The molecule has 0 unspecified atom stereocenters. The molecule has 0 bridgehead atoms. The van der Waals surface area contributed by atoms with Crippen molar-refractivity contribution in [3.05, 3.63) is 84.2 Å². The minimum Gasteiger partial charge on any atom is -0.493 e. The Kier molecular flexibility index (Phi) is 5.24. The normalized spacial score (nSPS) is 15.5. The van der Waals surface area contributed by atoms with Gasteiger partial charge in [-0.05, 0) is 73.3 Å². The molecule has 0 amide bonds. The summed E-state index contributed by atoms with van der Waals surface area (Å²) in [5.74, 6) is 2.28. The van der Waals surface area contributed by atoms with E-state index in [1.807, 2.05) is 18.3 Å². The summed E-state index contributed by atoms with van der Waals surface area (Å²) in [5.41, 5.74) is 4.50. The second-order valence-electron chi connectivity index (χ2n) is 8.03. The van der Waals surface area contributed by atoms with Crippen molar-refractivity contribution in [1.29, 1.82) is 0 Å². The van der Waals surface area contributed by atoms with E-state index in [2.05, 4.69) is 58.4 Å². The van der Waals surface area contributed by atoms with Crippen molar-refractivity contribution < 1.29 is 9.15 Å². The Morgan fingerprint density at radius 1 is 1.03 bits per heavy atom. The molecule has 0 aliphatic carbocycles. The van der Waals surface area contributed by atoms with Crippen molar-refractivity contribution in [2.75, 3.05) is 20.2 Å². The number of rotatable bonds is 5. The molecule has 1 aliphatic rings. The maximum Gasteiger partial charge on any atom is 0.176 e. The van der Waals surface area contributed by atoms with Gasteiger partial charge in [-0.15, -0.1) is 0 Å². The van der Waals surface area contributed by atoms with E-state index in [0.717, 1.165) is 47.7 Å². The Balaban J connectivity index is 1.34. The van der Waals surface area contributed by atoms with Crippen LogP contribution in [0.1, 0.15) is 29.9 Å². The summed E-state index contributed by atoms with van der Waals surface area (Å²) in [4.78, 5) is 6.74. The van der Waals surface area contributed by atoms with E-state index in [0.29, 0.717) is 5.92 Å². The summed E-state index contributed by atoms with van der Waals surface area (Å²) in [6.45, 7) is 3.17. The van der Waals surface area contributed by atoms with Crippen LogP contribution in [-0.2, 0) is 6.54 Å². The Morgan fingerprint density at radius 3 is 2.60 bits per heavy atom. The third-order valence-corrected chi connectivity index (χ3v) is 6.07. The number of piperidine rings is 1. The summed E-state index contributed by atoms with van der Waals surface area (Å²) in [7, 11) is 1.70. The number of methoxy groups -OCH3 is 1. The van der Waals surface area contributed by atoms with Crippen LogP contribution in [0.4, 0.5) is 0 Å². The average Bonchev–Trinajstić information content (AvgIpc) is 3.24. The van der Waals surface area contributed by atoms with Crippen molar-refractivity contribution in [3.63, 3.8) is 0 Å². The highest BCUT2D eigenvalue weighted by molar-refractivity contribution is 5.88. The fourth-order valence-electron chi connectivity index (χ4n) is 4.48. The van der Waals surface area contributed by atoms with E-state index in [1.54, 1.807) is 13.3 Å². The van der Waals surface area contributed by atoms with Crippen LogP contribution in [-0.4, -0.2) is 30.1 Å². The molecular formula is C26H26N2O2. The van der Waals surface area contributed by atoms with Crippen LogP contribution < -0.4 is 4.74 Å². The number of benzene rings is 2. The van der Waals surface area contributed by atoms with E-state index in [-0.39, 0.29) is 0 Å². The molecule has 0 radical (unpaired) electrons. The SMILES string of the molecule is COc1cc(CN2CCC(c3ccccc3)CC2)cc2cc(-c3cccnc3)oc12. The van der Waals surface area contributed by atoms with Gasteiger partial charge in [0.25, 0.3) is 0 Å². The smallest absolute Gasteiger partial charge is 0.176 e. The van der Waals surface area contributed by atoms with Crippen LogP contribution in [0, 0.1) is 0 Å². The maximum atomic E-state index is 6.11. The molecule has 2 aromatic heterocycles. The van der Waals surface area contributed by atoms with Crippen molar-refractivity contribution >= 4 is 11.0 Å². The van der Waals surface area contributed by atoms with Crippen LogP contribution >= 0.6 is 0 Å². The van der Waals surface area contributed by atoms with Crippen molar-refractivity contribution in [3.8, 4) is 17.1 Å². The zero-order valence-corrected chi connectivity index (χ0v) is 17.3. The van der Waals surface area contributed by atoms with Crippen molar-refractivity contribution in [1.82, 2.24) is 9.88 Å². The summed E-state index contributed by atoms with van der Waals surface area (Å²) in [6, 6.07) is 21.3. The summed E-state index contributed by atoms with van der Waals surface area (Å²) in [5, 5.41) is 1.07. The molecule has 0 saturated carbocycles. The molecule has 152 valence electrons. The minimum atomic E-state index is 0.676. The van der Waals surface area contributed by atoms with Gasteiger partial charge in [0.15, 0.2) is 11.3 Å². The van der Waals surface area contributed by atoms with E-state index < -0.39 is 0 Å². The number of pyridine rings is 1. The standard InChI is InChI=1S/C26H26N2O2/c1-29-25-15-19(14-23-16-24(30-26(23)25)22-8-5-11-27-17-22)18-28-12-9-21(10-13-28)20-6-3-2-4-7-20/h2-8,11,14-17,21H,9-10,12-13,18H2,1H3. The third kappa shape index (κ3) is 3.83. The van der Waals surface area contributed by atoms with Gasteiger partial charge in [-0.25, -0.2) is 0 Å². The molecule has 1 saturated heterocycles. The zero-order chi connectivity index (χ0) is 20.3. The van der Waals surface area contributed by atoms with Gasteiger partial charge < -0.3 is 9.15 Å². The van der Waals surface area contributed by atoms with E-state index in [1.165, 1.54) is 24.0 Å². The highest BCUT2D eigenvalue weighted by Gasteiger charge is 2.21. The van der Waals surface area contributed by atoms with Gasteiger partial charge in [0.1, 0.15) is 5.76 Å². The first-order valence-corrected chi connectivity index (χ1v) is 10.6. The molecule has 4 heteroatoms. The predicted octanol–water partition coefficient (Wildman–Crippen LogP) is 5.88. The molecule has 4 aromatic rings. The number of nitrogens with zero attached hydrogens (tertiary/aromatic N) is 2. The van der Waals surface area contributed by atoms with Gasteiger partial charge in [0.05, 0.1) is 7.11 Å². The minimum absolute atomic E-state index is 0.676. The Bertz CT molecular complexity index is 1110. The molecule has 3 heterocycles. The predicted molar refractivity (Wildman–Crippen MR) is 120 cm³/mol. The first kappa shape index (κ1) is 18.9. The lowest BCUT2D eigenvalue weighted by atomic mass is 9.89. The zero-order valence-electron chi connectivity index (χ0n) is 17.3. The monoisotopic (exact) mass is 398 g/mol. The van der Waals surface area contributed by atoms with Gasteiger partial charge in [0.2, 0.25) is 0 Å². The second kappa shape index (κ2) is 8.33. The molecule has 0 spiro atoms. The number of hydrogen-bond acceptors (Lipinski definition) is 4. The first-order valence-electron chi connectivity index (χ1n) is 10.6. The molecule has 5 rings (SSSR count). The number of ether oxygens (including phenoxy) is 1. The number of fused-ring (bicyclic) bond motifs is 1. The lowest BCUT2D eigenvalue weighted by Gasteiger charge is -2.32. The summed E-state index contributed by atoms with van der Waals surface area (Å²) in [6.07, 6.45) is 6.01. The average molecular weight is 399 g/mol. The van der Waals surface area contributed by atoms with E-state index in [4.69, 9.17) is 9.15 Å². The highest BCUT2D eigenvalue weighted by atomic mass is 16.5. The summed E-state index contributed by atoms with van der Waals surface area (Å²) >= 11 is 0. The molecule has 1 fully saturated rings. The van der Waals surface area contributed by atoms with Crippen molar-refractivity contribution in [2.45, 2.75) is 25.3 Å². The van der Waals surface area contributed by atoms with Crippen molar-refractivity contribution in [2.24, 2.45) is 0 Å². The fraction of sp³-hybridized carbons (Fsp3) is 0.269. The lowest BCUT2D eigenvalue weighted by Crippen LogP contribution is -2.32. The lowest BCUT2D eigenvalue weighted by molar-refractivity contribution is 0.204. The van der Waals surface area contributed by atoms with E-state index >= 15 is 0 Å². The first-order chi connectivity index (χ1) is 14.8. The Morgan fingerprint density at radius 2 is 1.87 bits per heavy atom. The Labute approximate surface area is 177 Å². The molecular weight excluding hydrogens is 372 g/mol. The molecule has 0 atom stereocenters. The third-order valence-electron chi connectivity index (χ3n) is 6.07. The van der Waals surface area contributed by atoms with Gasteiger partial charge >= 0.3 is 0 Å². The van der Waals surface area contributed by atoms with E-state index in [9.17, 15) is 0 Å². The van der Waals surface area contributed by atoms with Crippen LogP contribution in [0.5, 0.6) is 5.75 Å². The van der Waals surface area contributed by atoms with Crippen LogP contribution in [0.3, 0.4) is 0 Å². The number of likely N-dealkylation sites (tertiary alicyclic amines) is 1. The maximum absolute atomic E-state index is 6.11. The molecule has 4 nitrogen and oxygen atoms in total. The molecule has 2 aromatic carbocycles. The topological polar surface area (TPSA) is 38.5 Å². The molecule has 1 aliphatic heterocycles. The largest absolute Gasteiger partial charge is 0.493 e. The number of furan rings is 1. The Hall–Kier alpha value is -3.11. The summed E-state index contributed by atoms with van der Waals surface area (Å²) < 4.78 is 11.8. The fourth-order valence-corrected chi connectivity index (χ4v) is 4.48. The van der Waals surface area contributed by atoms with Crippen LogP contribution in [0.25, 0.3) is 22.3 Å². The van der Waals surface area contributed by atoms with Crippen LogP contribution in [0.2, 0.25) is 0 Å². The quantitative estimate of drug-likeness (QED) is 0.421. The highest BCUT2D eigenvalue weighted by Crippen LogP contribution is 2.35. The number of hydrogen-bond donors (Lipinski definition) is 0. The second-order valence-corrected chi connectivity index (χ2v) is 8.03. The van der Waals surface area contributed by atoms with Gasteiger partial charge in [0, 0.05) is 29.9 Å². The molecule has 30 heavy (non-hydrogen) atoms.